The molecule has 1 aliphatic heterocycles. The number of nitrogens with zero attached hydrogens (tertiary/aromatic N) is 1. The summed E-state index contributed by atoms with van der Waals surface area (Å²) in [5.41, 5.74) is 3.45. The molecule has 1 aromatic rings. The van der Waals surface area contributed by atoms with Crippen LogP contribution in [0.1, 0.15) is 19.4 Å². The molecule has 0 aliphatic carbocycles. The Balaban J connectivity index is 2.54. The molecule has 2 nitrogen and oxygen atoms in total. The van der Waals surface area contributed by atoms with Crippen LogP contribution in [0.5, 0.6) is 0 Å². The van der Waals surface area contributed by atoms with E-state index in [0.717, 1.165) is 5.69 Å². The van der Waals surface area contributed by atoms with Gasteiger partial charge in [0.1, 0.15) is 0 Å². The smallest absolute Gasteiger partial charge is 0.224 e. The Bertz CT molecular complexity index is 407. The molecule has 72 valence electrons. The second-order valence-corrected chi connectivity index (χ2v) is 3.44. The van der Waals surface area contributed by atoms with Gasteiger partial charge in [-0.1, -0.05) is 24.3 Å². The molecule has 2 rings (SSSR count). The minimum absolute atomic E-state index is 0.106. The van der Waals surface area contributed by atoms with E-state index in [0.29, 0.717) is 6.54 Å². The number of anilines is 1. The van der Waals surface area contributed by atoms with Crippen LogP contribution in [0.3, 0.4) is 0 Å². The zero-order valence-electron chi connectivity index (χ0n) is 8.45. The Morgan fingerprint density at radius 3 is 2.79 bits per heavy atom. The van der Waals surface area contributed by atoms with Gasteiger partial charge < -0.3 is 4.90 Å². The Hall–Kier alpha value is -1.57. The first-order valence-electron chi connectivity index (χ1n) is 4.76. The van der Waals surface area contributed by atoms with Crippen LogP contribution in [-0.2, 0) is 4.79 Å². The molecule has 2 heteroatoms. The maximum absolute atomic E-state index is 11.4. The van der Waals surface area contributed by atoms with Gasteiger partial charge in [-0.05, 0) is 18.6 Å². The molecule has 1 aromatic carbocycles. The zero-order chi connectivity index (χ0) is 10.1. The number of allylic oxidation sites excluding steroid dienone is 1. The molecular weight excluding hydrogens is 174 g/mol. The third kappa shape index (κ3) is 1.23. The summed E-state index contributed by atoms with van der Waals surface area (Å²) in [6.45, 7) is 4.33. The Morgan fingerprint density at radius 2 is 2.14 bits per heavy atom. The topological polar surface area (TPSA) is 20.3 Å². The van der Waals surface area contributed by atoms with E-state index in [1.165, 1.54) is 11.1 Å². The van der Waals surface area contributed by atoms with Gasteiger partial charge in [0.15, 0.2) is 0 Å². The molecule has 0 fully saturated rings. The van der Waals surface area contributed by atoms with E-state index < -0.39 is 0 Å². The summed E-state index contributed by atoms with van der Waals surface area (Å²) in [4.78, 5) is 13.2. The van der Waals surface area contributed by atoms with Crippen LogP contribution in [-0.4, -0.2) is 12.5 Å². The number of rotatable bonds is 0. The quantitative estimate of drug-likeness (QED) is 0.611. The van der Waals surface area contributed by atoms with Crippen molar-refractivity contribution in [1.29, 1.82) is 0 Å². The number of fused-ring (bicyclic) bond motifs is 1. The number of amides is 1. The molecule has 1 heterocycles. The number of para-hydroxylation sites is 1. The summed E-state index contributed by atoms with van der Waals surface area (Å²) in [5, 5.41) is 0. The summed E-state index contributed by atoms with van der Waals surface area (Å²) >= 11 is 0. The molecule has 1 aliphatic rings. The van der Waals surface area contributed by atoms with E-state index in [1.807, 2.05) is 30.0 Å². The second kappa shape index (κ2) is 3.29. The molecule has 0 saturated carbocycles. The summed E-state index contributed by atoms with van der Waals surface area (Å²) < 4.78 is 0. The van der Waals surface area contributed by atoms with Crippen LogP contribution in [0.4, 0.5) is 5.69 Å². The van der Waals surface area contributed by atoms with Crippen molar-refractivity contribution in [3.05, 3.63) is 35.9 Å². The van der Waals surface area contributed by atoms with Gasteiger partial charge in [-0.2, -0.15) is 0 Å². The van der Waals surface area contributed by atoms with Gasteiger partial charge in [-0.15, -0.1) is 0 Å². The van der Waals surface area contributed by atoms with Crippen molar-refractivity contribution in [3.8, 4) is 0 Å². The first-order chi connectivity index (χ1) is 6.74. The molecule has 0 atom stereocenters. The highest BCUT2D eigenvalue weighted by Crippen LogP contribution is 2.34. The molecule has 0 bridgehead atoms. The van der Waals surface area contributed by atoms with Crippen LogP contribution in [0, 0.1) is 0 Å². The molecular formula is C12H13NO. The van der Waals surface area contributed by atoms with Crippen molar-refractivity contribution in [2.75, 3.05) is 11.4 Å². The van der Waals surface area contributed by atoms with Crippen molar-refractivity contribution in [2.24, 2.45) is 0 Å². The van der Waals surface area contributed by atoms with Crippen molar-refractivity contribution >= 4 is 17.2 Å². The van der Waals surface area contributed by atoms with Crippen LogP contribution >= 0.6 is 0 Å². The number of hydrogen-bond donors (Lipinski definition) is 0. The second-order valence-electron chi connectivity index (χ2n) is 3.44. The van der Waals surface area contributed by atoms with E-state index in [1.54, 1.807) is 6.92 Å². The fourth-order valence-corrected chi connectivity index (χ4v) is 1.85. The van der Waals surface area contributed by atoms with Gasteiger partial charge in [-0.25, -0.2) is 0 Å². The summed E-state index contributed by atoms with van der Waals surface area (Å²) in [6.07, 6.45) is 2.07. The molecule has 14 heavy (non-hydrogen) atoms. The third-order valence-corrected chi connectivity index (χ3v) is 2.60. The Kier molecular flexibility index (Phi) is 2.12. The van der Waals surface area contributed by atoms with Crippen molar-refractivity contribution in [2.45, 2.75) is 13.8 Å². The fraction of sp³-hybridized carbons (Fsp3) is 0.250. The standard InChI is InChI=1S/C12H13NO/c1-3-10-8-13(9(2)14)12-7-5-4-6-11(10)12/h3-7H,8H2,1-2H3. The highest BCUT2D eigenvalue weighted by molar-refractivity contribution is 6.01. The SMILES string of the molecule is CC=C1CN(C(C)=O)c2ccccc21. The van der Waals surface area contributed by atoms with Crippen LogP contribution in [0.2, 0.25) is 0 Å². The summed E-state index contributed by atoms with van der Waals surface area (Å²) in [6, 6.07) is 8.03. The van der Waals surface area contributed by atoms with E-state index in [2.05, 4.69) is 12.1 Å². The van der Waals surface area contributed by atoms with E-state index >= 15 is 0 Å². The third-order valence-electron chi connectivity index (χ3n) is 2.60. The Labute approximate surface area is 83.8 Å². The van der Waals surface area contributed by atoms with Crippen LogP contribution in [0.25, 0.3) is 5.57 Å². The average Bonchev–Trinajstić information content (AvgIpc) is 2.56. The number of hydrogen-bond acceptors (Lipinski definition) is 1. The normalized spacial score (nSPS) is 17.3. The monoisotopic (exact) mass is 187 g/mol. The molecule has 0 aromatic heterocycles. The van der Waals surface area contributed by atoms with Crippen LogP contribution in [0.15, 0.2) is 30.3 Å². The first kappa shape index (κ1) is 9.00. The van der Waals surface area contributed by atoms with E-state index in [-0.39, 0.29) is 5.91 Å². The number of carbonyl (C=O) groups is 1. The molecule has 0 unspecified atom stereocenters. The lowest BCUT2D eigenvalue weighted by atomic mass is 10.1. The predicted molar refractivity (Wildman–Crippen MR) is 58.1 cm³/mol. The summed E-state index contributed by atoms with van der Waals surface area (Å²) in [5.74, 6) is 0.106. The van der Waals surface area contributed by atoms with E-state index in [9.17, 15) is 4.79 Å². The minimum atomic E-state index is 0.106. The van der Waals surface area contributed by atoms with Crippen molar-refractivity contribution in [1.82, 2.24) is 0 Å². The van der Waals surface area contributed by atoms with Gasteiger partial charge in [0, 0.05) is 12.5 Å². The molecule has 0 spiro atoms. The lowest BCUT2D eigenvalue weighted by molar-refractivity contribution is -0.116. The van der Waals surface area contributed by atoms with Gasteiger partial charge >= 0.3 is 0 Å². The molecule has 0 radical (unpaired) electrons. The van der Waals surface area contributed by atoms with Gasteiger partial charge in [0.05, 0.1) is 12.2 Å². The largest absolute Gasteiger partial charge is 0.308 e. The highest BCUT2D eigenvalue weighted by atomic mass is 16.2. The lowest BCUT2D eigenvalue weighted by Crippen LogP contribution is -2.25. The molecule has 0 N–H and O–H groups in total. The summed E-state index contributed by atoms with van der Waals surface area (Å²) in [7, 11) is 0. The predicted octanol–water partition coefficient (Wildman–Crippen LogP) is 2.46. The van der Waals surface area contributed by atoms with Crippen molar-refractivity contribution in [3.63, 3.8) is 0 Å². The zero-order valence-corrected chi connectivity index (χ0v) is 8.45. The van der Waals surface area contributed by atoms with Crippen LogP contribution < -0.4 is 4.90 Å². The molecule has 0 saturated heterocycles. The number of benzene rings is 1. The molecule has 1 amide bonds. The maximum Gasteiger partial charge on any atom is 0.224 e. The number of carbonyl (C=O) groups excluding carboxylic acids is 1. The average molecular weight is 187 g/mol. The minimum Gasteiger partial charge on any atom is -0.308 e. The van der Waals surface area contributed by atoms with Gasteiger partial charge in [0.25, 0.3) is 0 Å². The fourth-order valence-electron chi connectivity index (χ4n) is 1.85. The Morgan fingerprint density at radius 1 is 1.43 bits per heavy atom. The highest BCUT2D eigenvalue weighted by Gasteiger charge is 2.24. The van der Waals surface area contributed by atoms with Gasteiger partial charge in [0.2, 0.25) is 5.91 Å². The first-order valence-corrected chi connectivity index (χ1v) is 4.76. The van der Waals surface area contributed by atoms with Gasteiger partial charge in [-0.3, -0.25) is 4.79 Å². The maximum atomic E-state index is 11.4. The van der Waals surface area contributed by atoms with Crippen molar-refractivity contribution < 1.29 is 4.79 Å². The lowest BCUT2D eigenvalue weighted by Gasteiger charge is -2.13. The van der Waals surface area contributed by atoms with E-state index in [4.69, 9.17) is 0 Å².